The summed E-state index contributed by atoms with van der Waals surface area (Å²) in [7, 11) is 1.74. The Bertz CT molecular complexity index is 565. The van der Waals surface area contributed by atoms with E-state index in [1.54, 1.807) is 24.0 Å². The molecular weight excluding hydrogens is 250 g/mol. The Morgan fingerprint density at radius 3 is 3.22 bits per heavy atom. The summed E-state index contributed by atoms with van der Waals surface area (Å²) in [5.41, 5.74) is 1.63. The predicted octanol–water partition coefficient (Wildman–Crippen LogP) is 0.775. The zero-order valence-corrected chi connectivity index (χ0v) is 10.8. The molecule has 0 unspecified atom stereocenters. The summed E-state index contributed by atoms with van der Waals surface area (Å²) in [6.45, 7) is 1.79. The Morgan fingerprint density at radius 2 is 2.50 bits per heavy atom. The van der Waals surface area contributed by atoms with Crippen LogP contribution in [-0.4, -0.2) is 27.2 Å². The number of nitrogens with one attached hydrogen (secondary N) is 2. The summed E-state index contributed by atoms with van der Waals surface area (Å²) in [4.78, 5) is 17.6. The van der Waals surface area contributed by atoms with E-state index in [-0.39, 0.29) is 5.91 Å². The summed E-state index contributed by atoms with van der Waals surface area (Å²) in [5.74, 6) is -0.172. The average molecular weight is 263 g/mol. The molecule has 3 rings (SSSR count). The van der Waals surface area contributed by atoms with Gasteiger partial charge < -0.3 is 5.32 Å². The van der Waals surface area contributed by atoms with Gasteiger partial charge in [-0.3, -0.25) is 14.8 Å². The molecule has 2 aromatic heterocycles. The summed E-state index contributed by atoms with van der Waals surface area (Å²) in [5, 5.41) is 10.7. The predicted molar refractivity (Wildman–Crippen MR) is 68.7 cm³/mol. The largest absolute Gasteiger partial charge is 0.311 e. The van der Waals surface area contributed by atoms with Gasteiger partial charge in [0, 0.05) is 37.6 Å². The van der Waals surface area contributed by atoms with Gasteiger partial charge >= 0.3 is 0 Å². The Hall–Kier alpha value is -1.73. The lowest BCUT2D eigenvalue weighted by Crippen LogP contribution is -2.22. The van der Waals surface area contributed by atoms with Gasteiger partial charge in [-0.05, 0) is 6.07 Å². The minimum Gasteiger partial charge on any atom is -0.311 e. The van der Waals surface area contributed by atoms with Gasteiger partial charge in [-0.15, -0.1) is 11.3 Å². The number of aromatic nitrogens is 3. The van der Waals surface area contributed by atoms with Crippen LogP contribution in [0.5, 0.6) is 0 Å². The van der Waals surface area contributed by atoms with Gasteiger partial charge in [0.15, 0.2) is 5.13 Å². The average Bonchev–Trinajstić information content (AvgIpc) is 2.94. The maximum absolute atomic E-state index is 12.0. The molecule has 6 nitrogen and oxygen atoms in total. The maximum Gasteiger partial charge on any atom is 0.275 e. The molecule has 1 amide bonds. The van der Waals surface area contributed by atoms with E-state index in [0.29, 0.717) is 10.8 Å². The number of aryl methyl sites for hydroxylation is 1. The van der Waals surface area contributed by atoms with E-state index in [0.717, 1.165) is 25.2 Å². The van der Waals surface area contributed by atoms with Crippen LogP contribution < -0.4 is 10.6 Å². The lowest BCUT2D eigenvalue weighted by atomic mass is 10.2. The van der Waals surface area contributed by atoms with Gasteiger partial charge in [0.2, 0.25) is 0 Å². The van der Waals surface area contributed by atoms with Gasteiger partial charge in [-0.25, -0.2) is 4.98 Å². The highest BCUT2D eigenvalue weighted by molar-refractivity contribution is 7.15. The molecule has 0 aliphatic carbocycles. The second-order valence-corrected chi connectivity index (χ2v) is 5.19. The minimum absolute atomic E-state index is 0.172. The zero-order valence-electron chi connectivity index (χ0n) is 9.93. The first-order chi connectivity index (χ1) is 8.74. The number of carbonyl (C=O) groups excluding carboxylic acids is 1. The van der Waals surface area contributed by atoms with E-state index in [1.807, 2.05) is 0 Å². The van der Waals surface area contributed by atoms with Crippen molar-refractivity contribution in [1.82, 2.24) is 20.1 Å². The number of hydrogen-bond donors (Lipinski definition) is 2. The van der Waals surface area contributed by atoms with Crippen LogP contribution in [0.15, 0.2) is 12.3 Å². The Kier molecular flexibility index (Phi) is 2.85. The molecule has 0 spiro atoms. The third-order valence-corrected chi connectivity index (χ3v) is 3.89. The second-order valence-electron chi connectivity index (χ2n) is 4.11. The monoisotopic (exact) mass is 263 g/mol. The molecule has 0 fully saturated rings. The molecular formula is C11H13N5OS. The van der Waals surface area contributed by atoms with Crippen LogP contribution in [0.2, 0.25) is 0 Å². The van der Waals surface area contributed by atoms with Crippen LogP contribution in [-0.2, 0) is 20.0 Å². The van der Waals surface area contributed by atoms with Crippen LogP contribution in [0.4, 0.5) is 5.13 Å². The fourth-order valence-corrected chi connectivity index (χ4v) is 2.91. The maximum atomic E-state index is 12.0. The molecule has 0 bridgehead atoms. The quantitative estimate of drug-likeness (QED) is 0.839. The summed E-state index contributed by atoms with van der Waals surface area (Å²) >= 11 is 1.53. The number of hydrogen-bond acceptors (Lipinski definition) is 5. The number of amides is 1. The third-order valence-electron chi connectivity index (χ3n) is 2.88. The van der Waals surface area contributed by atoms with Crippen LogP contribution >= 0.6 is 11.3 Å². The number of rotatable bonds is 2. The SMILES string of the molecule is Cn1nccc1C(=O)Nc1nc2c(s1)CNCC2. The lowest BCUT2D eigenvalue weighted by molar-refractivity contribution is 0.101. The molecule has 0 aromatic carbocycles. The van der Waals surface area contributed by atoms with Crippen LogP contribution in [0.1, 0.15) is 21.1 Å². The van der Waals surface area contributed by atoms with Gasteiger partial charge in [-0.1, -0.05) is 0 Å². The van der Waals surface area contributed by atoms with Gasteiger partial charge in [0.05, 0.1) is 5.69 Å². The van der Waals surface area contributed by atoms with Crippen molar-refractivity contribution in [2.24, 2.45) is 7.05 Å². The summed E-state index contributed by atoms with van der Waals surface area (Å²) in [6.07, 6.45) is 2.53. The third kappa shape index (κ3) is 2.02. The van der Waals surface area contributed by atoms with Crippen LogP contribution in [0.3, 0.4) is 0 Å². The van der Waals surface area contributed by atoms with Crippen molar-refractivity contribution < 1.29 is 4.79 Å². The molecule has 2 N–H and O–H groups in total. The van der Waals surface area contributed by atoms with E-state index in [9.17, 15) is 4.79 Å². The van der Waals surface area contributed by atoms with Crippen molar-refractivity contribution in [3.05, 3.63) is 28.5 Å². The van der Waals surface area contributed by atoms with Crippen molar-refractivity contribution >= 4 is 22.4 Å². The van der Waals surface area contributed by atoms with E-state index < -0.39 is 0 Å². The van der Waals surface area contributed by atoms with Gasteiger partial charge in [0.1, 0.15) is 5.69 Å². The molecule has 0 saturated heterocycles. The lowest BCUT2D eigenvalue weighted by Gasteiger charge is -2.09. The van der Waals surface area contributed by atoms with Gasteiger partial charge in [0.25, 0.3) is 5.91 Å². The molecule has 1 aliphatic heterocycles. The Morgan fingerprint density at radius 1 is 1.61 bits per heavy atom. The van der Waals surface area contributed by atoms with Crippen LogP contribution in [0.25, 0.3) is 0 Å². The first-order valence-electron chi connectivity index (χ1n) is 5.72. The number of thiazole rings is 1. The van der Waals surface area contributed by atoms with Crippen molar-refractivity contribution in [3.8, 4) is 0 Å². The number of carbonyl (C=O) groups is 1. The number of nitrogens with zero attached hydrogens (tertiary/aromatic N) is 3. The minimum atomic E-state index is -0.172. The smallest absolute Gasteiger partial charge is 0.275 e. The topological polar surface area (TPSA) is 71.8 Å². The van der Waals surface area contributed by atoms with E-state index >= 15 is 0 Å². The Labute approximate surface area is 108 Å². The van der Waals surface area contributed by atoms with Gasteiger partial charge in [-0.2, -0.15) is 5.10 Å². The molecule has 0 atom stereocenters. The highest BCUT2D eigenvalue weighted by atomic mass is 32.1. The fourth-order valence-electron chi connectivity index (χ4n) is 1.94. The first-order valence-corrected chi connectivity index (χ1v) is 6.54. The van der Waals surface area contributed by atoms with Crippen molar-refractivity contribution in [2.45, 2.75) is 13.0 Å². The second kappa shape index (κ2) is 4.51. The molecule has 94 valence electrons. The van der Waals surface area contributed by atoms with E-state index in [4.69, 9.17) is 0 Å². The number of anilines is 1. The van der Waals surface area contributed by atoms with Crippen LogP contribution in [0, 0.1) is 0 Å². The van der Waals surface area contributed by atoms with Crippen molar-refractivity contribution in [3.63, 3.8) is 0 Å². The fraction of sp³-hybridized carbons (Fsp3) is 0.364. The molecule has 7 heteroatoms. The molecule has 18 heavy (non-hydrogen) atoms. The standard InChI is InChI=1S/C11H13N5OS/c1-16-8(3-5-13-16)10(17)15-11-14-7-2-4-12-6-9(7)18-11/h3,5,12H,2,4,6H2,1H3,(H,14,15,17). The molecule has 2 aromatic rings. The normalized spacial score (nSPS) is 14.3. The highest BCUT2D eigenvalue weighted by Gasteiger charge is 2.17. The zero-order chi connectivity index (χ0) is 12.5. The summed E-state index contributed by atoms with van der Waals surface area (Å²) in [6, 6.07) is 1.68. The highest BCUT2D eigenvalue weighted by Crippen LogP contribution is 2.25. The van der Waals surface area contributed by atoms with Crippen molar-refractivity contribution in [2.75, 3.05) is 11.9 Å². The van der Waals surface area contributed by atoms with E-state index in [2.05, 4.69) is 20.7 Å². The molecule has 1 aliphatic rings. The van der Waals surface area contributed by atoms with Crippen molar-refractivity contribution in [1.29, 1.82) is 0 Å². The van der Waals surface area contributed by atoms with E-state index in [1.165, 1.54) is 16.2 Å². The molecule has 0 radical (unpaired) electrons. The first kappa shape index (κ1) is 11.4. The Balaban J connectivity index is 1.79. The summed E-state index contributed by atoms with van der Waals surface area (Å²) < 4.78 is 1.55. The number of fused-ring (bicyclic) bond motifs is 1. The molecule has 0 saturated carbocycles. The molecule has 3 heterocycles.